The Kier molecular flexibility index (Phi) is 9.96. The zero-order chi connectivity index (χ0) is 30.3. The second-order valence-corrected chi connectivity index (χ2v) is 11.9. The van der Waals surface area contributed by atoms with Gasteiger partial charge in [-0.1, -0.05) is 60.7 Å². The average Bonchev–Trinajstić information content (AvgIpc) is 2.96. The van der Waals surface area contributed by atoms with Crippen LogP contribution in [-0.2, 0) is 16.0 Å². The van der Waals surface area contributed by atoms with Crippen LogP contribution < -0.4 is 16.4 Å². The van der Waals surface area contributed by atoms with E-state index in [2.05, 4.69) is 53.6 Å². The van der Waals surface area contributed by atoms with Gasteiger partial charge < -0.3 is 26.4 Å². The zero-order valence-corrected chi connectivity index (χ0v) is 24.5. The summed E-state index contributed by atoms with van der Waals surface area (Å²) >= 11 is 0. The van der Waals surface area contributed by atoms with Gasteiger partial charge in [0.2, 0.25) is 11.8 Å². The molecule has 1 aliphatic heterocycles. The topological polar surface area (TPSA) is 138 Å². The molecular weight excluding hydrogens is 530 g/mol. The largest absolute Gasteiger partial charge is 0.391 e. The molecule has 0 spiro atoms. The number of aliphatic hydroxyl groups excluding tert-OH is 1. The Hall–Kier alpha value is -4.24. The van der Waals surface area contributed by atoms with Gasteiger partial charge in [-0.05, 0) is 70.4 Å². The van der Waals surface area contributed by atoms with E-state index in [4.69, 9.17) is 5.73 Å². The molecule has 0 saturated carbocycles. The van der Waals surface area contributed by atoms with E-state index in [1.165, 1.54) is 0 Å². The Bertz CT molecular complexity index is 1420. The number of carbonyl (C=O) groups excluding carboxylic acids is 3. The van der Waals surface area contributed by atoms with E-state index < -0.39 is 42.3 Å². The van der Waals surface area contributed by atoms with Crippen molar-refractivity contribution in [1.82, 2.24) is 20.5 Å². The van der Waals surface area contributed by atoms with Gasteiger partial charge in [-0.3, -0.25) is 14.4 Å². The molecule has 2 heterocycles. The van der Waals surface area contributed by atoms with Crippen molar-refractivity contribution >= 4 is 28.6 Å². The lowest BCUT2D eigenvalue weighted by Gasteiger charge is -2.44. The molecule has 0 radical (unpaired) electrons. The number of aromatic nitrogens is 1. The van der Waals surface area contributed by atoms with E-state index in [1.54, 1.807) is 18.2 Å². The van der Waals surface area contributed by atoms with Gasteiger partial charge in [-0.15, -0.1) is 0 Å². The number of pyridine rings is 1. The molecule has 2 aromatic carbocycles. The molecule has 9 heteroatoms. The highest BCUT2D eigenvalue weighted by molar-refractivity contribution is 5.99. The highest BCUT2D eigenvalue weighted by Gasteiger charge is 2.33. The number of nitrogens with one attached hydrogen (secondary N) is 2. The predicted molar refractivity (Wildman–Crippen MR) is 163 cm³/mol. The van der Waals surface area contributed by atoms with Crippen molar-refractivity contribution in [3.8, 4) is 0 Å². The molecule has 4 atom stereocenters. The number of para-hydroxylation sites is 1. The van der Waals surface area contributed by atoms with E-state index in [0.717, 1.165) is 23.8 Å². The number of aliphatic hydroxyl groups is 1. The lowest BCUT2D eigenvalue weighted by molar-refractivity contribution is -0.128. The number of benzene rings is 2. The van der Waals surface area contributed by atoms with Crippen molar-refractivity contribution in [2.75, 3.05) is 0 Å². The quantitative estimate of drug-likeness (QED) is 0.278. The third kappa shape index (κ3) is 8.16. The molecule has 42 heavy (non-hydrogen) atoms. The smallest absolute Gasteiger partial charge is 0.270 e. The summed E-state index contributed by atoms with van der Waals surface area (Å²) in [5, 5.41) is 18.0. The number of allylic oxidation sites excluding steroid dienone is 1. The monoisotopic (exact) mass is 571 g/mol. The van der Waals surface area contributed by atoms with Crippen molar-refractivity contribution in [1.29, 1.82) is 0 Å². The maximum atomic E-state index is 13.6. The predicted octanol–water partition coefficient (Wildman–Crippen LogP) is 3.46. The van der Waals surface area contributed by atoms with E-state index in [-0.39, 0.29) is 17.3 Å². The molecule has 0 aliphatic carbocycles. The fraction of sp³-hybridized carbons (Fsp3) is 0.394. The molecule has 0 bridgehead atoms. The number of nitrogens with two attached hydrogens (primary N) is 1. The number of amides is 3. The number of carbonyl (C=O) groups is 3. The molecule has 1 aliphatic rings. The molecule has 1 aromatic heterocycles. The van der Waals surface area contributed by atoms with Gasteiger partial charge in [0.25, 0.3) is 5.91 Å². The van der Waals surface area contributed by atoms with Crippen LogP contribution in [-0.4, -0.2) is 62.5 Å². The van der Waals surface area contributed by atoms with E-state index in [9.17, 15) is 19.5 Å². The number of rotatable bonds is 11. The molecule has 0 fully saturated rings. The number of nitrogens with zero attached hydrogens (tertiary/aromatic N) is 2. The fourth-order valence-corrected chi connectivity index (χ4v) is 5.45. The minimum Gasteiger partial charge on any atom is -0.391 e. The normalized spacial score (nSPS) is 17.3. The van der Waals surface area contributed by atoms with Gasteiger partial charge in [0.15, 0.2) is 0 Å². The highest BCUT2D eigenvalue weighted by atomic mass is 16.3. The van der Waals surface area contributed by atoms with Gasteiger partial charge in [-0.25, -0.2) is 4.98 Å². The molecule has 5 N–H and O–H groups in total. The first-order chi connectivity index (χ1) is 20.0. The van der Waals surface area contributed by atoms with Crippen LogP contribution in [0, 0.1) is 0 Å². The van der Waals surface area contributed by atoms with E-state index in [0.29, 0.717) is 18.4 Å². The Morgan fingerprint density at radius 2 is 1.74 bits per heavy atom. The molecule has 0 saturated heterocycles. The van der Waals surface area contributed by atoms with E-state index >= 15 is 0 Å². The van der Waals surface area contributed by atoms with Gasteiger partial charge in [0.05, 0.1) is 24.1 Å². The van der Waals surface area contributed by atoms with Crippen LogP contribution in [0.4, 0.5) is 0 Å². The maximum Gasteiger partial charge on any atom is 0.270 e. The van der Waals surface area contributed by atoms with Gasteiger partial charge in [0.1, 0.15) is 11.7 Å². The SMILES string of the molecule is CC(C)(C)N1C=CCCC1C[C@@H](O)[C@H](Cc1ccccc1)NC(=O)[C@H](CC(N)=O)NC(=O)c1ccc2ccccc2n1. The summed E-state index contributed by atoms with van der Waals surface area (Å²) in [6, 6.07) is 18.5. The van der Waals surface area contributed by atoms with Crippen LogP contribution in [0.5, 0.6) is 0 Å². The Labute approximate surface area is 247 Å². The minimum absolute atomic E-state index is 0.0836. The first-order valence-corrected chi connectivity index (χ1v) is 14.4. The summed E-state index contributed by atoms with van der Waals surface area (Å²) in [7, 11) is 0. The number of primary amides is 1. The van der Waals surface area contributed by atoms with Crippen LogP contribution in [0.25, 0.3) is 10.9 Å². The van der Waals surface area contributed by atoms with Gasteiger partial charge >= 0.3 is 0 Å². The lowest BCUT2D eigenvalue weighted by atomic mass is 9.90. The minimum atomic E-state index is -1.24. The van der Waals surface area contributed by atoms with Crippen LogP contribution in [0.3, 0.4) is 0 Å². The molecule has 4 rings (SSSR count). The van der Waals surface area contributed by atoms with Gasteiger partial charge in [0, 0.05) is 17.0 Å². The van der Waals surface area contributed by atoms with Crippen LogP contribution in [0.1, 0.15) is 62.5 Å². The molecule has 222 valence electrons. The Morgan fingerprint density at radius 1 is 1.02 bits per heavy atom. The average molecular weight is 572 g/mol. The van der Waals surface area contributed by atoms with Crippen molar-refractivity contribution in [2.24, 2.45) is 5.73 Å². The second-order valence-electron chi connectivity index (χ2n) is 11.9. The summed E-state index contributed by atoms with van der Waals surface area (Å²) in [5.41, 5.74) is 7.02. The molecule has 3 aromatic rings. The highest BCUT2D eigenvalue weighted by Crippen LogP contribution is 2.28. The van der Waals surface area contributed by atoms with Crippen LogP contribution in [0.2, 0.25) is 0 Å². The zero-order valence-electron chi connectivity index (χ0n) is 24.5. The third-order valence-electron chi connectivity index (χ3n) is 7.56. The molecular formula is C33H41N5O4. The molecule has 9 nitrogen and oxygen atoms in total. The first kappa shape index (κ1) is 30.7. The van der Waals surface area contributed by atoms with Crippen molar-refractivity contribution in [3.63, 3.8) is 0 Å². The number of hydrogen-bond donors (Lipinski definition) is 4. The summed E-state index contributed by atoms with van der Waals surface area (Å²) in [5.74, 6) is -1.94. The van der Waals surface area contributed by atoms with Crippen LogP contribution in [0.15, 0.2) is 79.0 Å². The first-order valence-electron chi connectivity index (χ1n) is 14.4. The number of fused-ring (bicyclic) bond motifs is 1. The summed E-state index contributed by atoms with van der Waals surface area (Å²) < 4.78 is 0. The molecule has 1 unspecified atom stereocenters. The Morgan fingerprint density at radius 3 is 2.45 bits per heavy atom. The third-order valence-corrected chi connectivity index (χ3v) is 7.56. The summed E-state index contributed by atoms with van der Waals surface area (Å²) in [4.78, 5) is 45.3. The van der Waals surface area contributed by atoms with Crippen molar-refractivity contribution in [2.45, 2.75) is 82.6 Å². The van der Waals surface area contributed by atoms with Crippen molar-refractivity contribution in [3.05, 3.63) is 90.3 Å². The van der Waals surface area contributed by atoms with E-state index in [1.807, 2.05) is 48.5 Å². The lowest BCUT2D eigenvalue weighted by Crippen LogP contribution is -2.55. The second kappa shape index (κ2) is 13.6. The number of hydrogen-bond acceptors (Lipinski definition) is 6. The Balaban J connectivity index is 1.53. The van der Waals surface area contributed by atoms with Gasteiger partial charge in [-0.2, -0.15) is 0 Å². The molecule has 3 amide bonds. The maximum absolute atomic E-state index is 13.6. The van der Waals surface area contributed by atoms with Crippen LogP contribution >= 0.6 is 0 Å². The summed E-state index contributed by atoms with van der Waals surface area (Å²) in [6.07, 6.45) is 5.55. The summed E-state index contributed by atoms with van der Waals surface area (Å²) in [6.45, 7) is 6.40. The standard InChI is InChI=1S/C33H41N5O4/c1-33(2,3)38-18-10-9-14-24(38)20-29(39)27(19-22-11-5-4-6-12-22)36-32(42)28(21-30(34)40)37-31(41)26-17-16-23-13-7-8-15-25(23)35-26/h4-8,10-13,15-18,24,27-29,39H,9,14,19-21H2,1-3H3,(H2,34,40)(H,36,42)(H,37,41)/t24?,27-,28-,29+/m0/s1. The van der Waals surface area contributed by atoms with Crippen molar-refractivity contribution < 1.29 is 19.5 Å². The fourth-order valence-electron chi connectivity index (χ4n) is 5.45.